The van der Waals surface area contributed by atoms with E-state index >= 15 is 0 Å². The lowest BCUT2D eigenvalue weighted by atomic mass is 10.0. The number of unbranched alkanes of at least 4 members (excludes halogenated alkanes) is 19. The molecule has 0 saturated heterocycles. The minimum Gasteiger partial charge on any atom is -0.756 e. The molecule has 0 fully saturated rings. The van der Waals surface area contributed by atoms with Crippen LogP contribution >= 0.6 is 7.82 Å². The Kier molecular flexibility index (Phi) is 47.7. The molecule has 0 aromatic rings. The van der Waals surface area contributed by atoms with Gasteiger partial charge in [0, 0.05) is 12.8 Å². The maximum absolute atomic E-state index is 12.7. The van der Waals surface area contributed by atoms with Crippen molar-refractivity contribution < 1.29 is 42.1 Å². The highest BCUT2D eigenvalue weighted by Gasteiger charge is 2.21. The number of nitrogens with zero attached hydrogens (tertiary/aromatic N) is 1. The Morgan fingerprint density at radius 1 is 0.464 bits per heavy atom. The van der Waals surface area contributed by atoms with Gasteiger partial charge in [0.2, 0.25) is 0 Å². The predicted molar refractivity (Wildman–Crippen MR) is 291 cm³/mol. The van der Waals surface area contributed by atoms with Gasteiger partial charge in [0.1, 0.15) is 19.8 Å². The lowest BCUT2D eigenvalue weighted by molar-refractivity contribution is -0.870. The first kappa shape index (κ1) is 65.9. The molecule has 0 aliphatic carbocycles. The highest BCUT2D eigenvalue weighted by molar-refractivity contribution is 7.45. The van der Waals surface area contributed by atoms with Crippen molar-refractivity contribution in [2.75, 3.05) is 47.5 Å². The van der Waals surface area contributed by atoms with Crippen molar-refractivity contribution in [1.29, 1.82) is 0 Å². The molecule has 0 aliphatic rings. The third-order valence-corrected chi connectivity index (χ3v) is 12.3. The van der Waals surface area contributed by atoms with Crippen LogP contribution in [0.1, 0.15) is 213 Å². The lowest BCUT2D eigenvalue weighted by Gasteiger charge is -2.28. The lowest BCUT2D eigenvalue weighted by Crippen LogP contribution is -2.37. The van der Waals surface area contributed by atoms with E-state index in [1.807, 2.05) is 21.1 Å². The van der Waals surface area contributed by atoms with E-state index < -0.39 is 26.5 Å². The molecule has 9 nitrogen and oxygen atoms in total. The maximum Gasteiger partial charge on any atom is 0.306 e. The van der Waals surface area contributed by atoms with Gasteiger partial charge in [-0.3, -0.25) is 14.2 Å². The molecule has 2 atom stereocenters. The van der Waals surface area contributed by atoms with Crippen LogP contribution in [-0.4, -0.2) is 70.0 Å². The number of carbonyl (C=O) groups is 2. The topological polar surface area (TPSA) is 111 Å². The summed E-state index contributed by atoms with van der Waals surface area (Å²) in [6.07, 6.45) is 67.5. The normalized spacial score (nSPS) is 14.1. The number of carbonyl (C=O) groups excluding carboxylic acids is 2. The molecule has 396 valence electrons. The zero-order chi connectivity index (χ0) is 50.6. The number of quaternary nitrogens is 1. The summed E-state index contributed by atoms with van der Waals surface area (Å²) in [4.78, 5) is 37.6. The predicted octanol–water partition coefficient (Wildman–Crippen LogP) is 16.2. The quantitative estimate of drug-likeness (QED) is 0.0195. The van der Waals surface area contributed by atoms with Crippen molar-refractivity contribution in [2.24, 2.45) is 0 Å². The van der Waals surface area contributed by atoms with E-state index in [4.69, 9.17) is 18.5 Å². The van der Waals surface area contributed by atoms with E-state index in [0.717, 1.165) is 96.3 Å². The number of phosphoric ester groups is 1. The van der Waals surface area contributed by atoms with Gasteiger partial charge in [0.15, 0.2) is 6.10 Å². The van der Waals surface area contributed by atoms with Gasteiger partial charge < -0.3 is 27.9 Å². The van der Waals surface area contributed by atoms with Crippen LogP contribution in [0.3, 0.4) is 0 Å². The highest BCUT2D eigenvalue weighted by Crippen LogP contribution is 2.38. The molecule has 69 heavy (non-hydrogen) atoms. The standard InChI is InChI=1S/C59H102NO8P/c1-6-8-10-12-14-16-18-19-20-21-22-23-24-25-26-27-28-29-30-31-32-33-34-35-36-37-38-39-40-41-42-44-46-48-50-52-59(62)68-57(56-67-69(63,64)66-54-53-60(3,4)5)55-65-58(61)51-49-47-45-43-17-15-13-11-9-7-2/h8,10,14,16,19-20,22-23,25-26,28-29,31-32,34-35,57H,6-7,9,11-13,15,17-18,21,24,27,30,33,36-56H2,1-5H3/b10-8-,16-14-,20-19-,23-22-,26-25-,29-28-,32-31-,35-34-. The van der Waals surface area contributed by atoms with Gasteiger partial charge in [-0.25, -0.2) is 0 Å². The average Bonchev–Trinajstić information content (AvgIpc) is 3.31. The van der Waals surface area contributed by atoms with Crippen molar-refractivity contribution in [1.82, 2.24) is 0 Å². The molecular weight excluding hydrogens is 882 g/mol. The summed E-state index contributed by atoms with van der Waals surface area (Å²) in [5.74, 6) is -0.843. The first-order chi connectivity index (χ1) is 33.5. The number of likely N-dealkylation sites (N-methyl/N-ethyl adjacent to an activating group) is 1. The number of phosphoric acid groups is 1. The summed E-state index contributed by atoms with van der Waals surface area (Å²) in [7, 11) is 1.16. The number of hydrogen-bond acceptors (Lipinski definition) is 8. The van der Waals surface area contributed by atoms with Crippen LogP contribution in [0.25, 0.3) is 0 Å². The fraction of sp³-hybridized carbons (Fsp3) is 0.695. The zero-order valence-electron chi connectivity index (χ0n) is 44.7. The SMILES string of the molecule is CC/C=C\C/C=C\C/C=C\C/C=C\C/C=C\C/C=C\C/C=C\C/C=C\CCCCCCCCCCCCC(=O)OC(COC(=O)CCCCCCCCCCCC)COP(=O)([O-])OCC[N+](C)(C)C. The number of hydrogen-bond donors (Lipinski definition) is 0. The summed E-state index contributed by atoms with van der Waals surface area (Å²) in [6, 6.07) is 0. The molecule has 2 unspecified atom stereocenters. The second-order valence-corrected chi connectivity index (χ2v) is 20.6. The van der Waals surface area contributed by atoms with Crippen LogP contribution in [0.15, 0.2) is 97.2 Å². The smallest absolute Gasteiger partial charge is 0.306 e. The summed E-state index contributed by atoms with van der Waals surface area (Å²) in [5.41, 5.74) is 0. The second-order valence-electron chi connectivity index (χ2n) is 19.2. The first-order valence-electron chi connectivity index (χ1n) is 27.4. The Labute approximate surface area is 423 Å². The zero-order valence-corrected chi connectivity index (χ0v) is 45.6. The number of esters is 2. The second kappa shape index (κ2) is 49.9. The van der Waals surface area contributed by atoms with Crippen molar-refractivity contribution in [2.45, 2.75) is 219 Å². The Hall–Kier alpha value is -3.07. The van der Waals surface area contributed by atoms with Crippen molar-refractivity contribution in [3.63, 3.8) is 0 Å². The van der Waals surface area contributed by atoms with Crippen LogP contribution in [0.2, 0.25) is 0 Å². The largest absolute Gasteiger partial charge is 0.756 e. The average molecular weight is 984 g/mol. The van der Waals surface area contributed by atoms with E-state index in [9.17, 15) is 19.0 Å². The van der Waals surface area contributed by atoms with Crippen LogP contribution in [0.4, 0.5) is 0 Å². The Bertz CT molecular complexity index is 1490. The van der Waals surface area contributed by atoms with Crippen molar-refractivity contribution in [3.8, 4) is 0 Å². The minimum absolute atomic E-state index is 0.0345. The number of allylic oxidation sites excluding steroid dienone is 16. The first-order valence-corrected chi connectivity index (χ1v) is 28.9. The highest BCUT2D eigenvalue weighted by atomic mass is 31.2. The summed E-state index contributed by atoms with van der Waals surface area (Å²) < 4.78 is 34.0. The molecule has 0 aromatic heterocycles. The molecule has 0 aliphatic heterocycles. The van der Waals surface area contributed by atoms with E-state index in [1.54, 1.807) is 0 Å². The molecule has 0 heterocycles. The van der Waals surface area contributed by atoms with E-state index in [-0.39, 0.29) is 32.0 Å². The van der Waals surface area contributed by atoms with Crippen molar-refractivity contribution >= 4 is 19.8 Å². The third kappa shape index (κ3) is 54.1. The molecule has 10 heteroatoms. The molecule has 0 rings (SSSR count). The number of ether oxygens (including phenoxy) is 2. The molecule has 0 aromatic carbocycles. The van der Waals surface area contributed by atoms with Crippen LogP contribution < -0.4 is 4.89 Å². The molecule has 0 spiro atoms. The summed E-state index contributed by atoms with van der Waals surface area (Å²) in [5, 5.41) is 0. The van der Waals surface area contributed by atoms with Gasteiger partial charge in [-0.2, -0.15) is 0 Å². The van der Waals surface area contributed by atoms with Crippen LogP contribution in [0.5, 0.6) is 0 Å². The fourth-order valence-electron chi connectivity index (χ4n) is 7.14. The third-order valence-electron chi connectivity index (χ3n) is 11.4. The van der Waals surface area contributed by atoms with E-state index in [0.29, 0.717) is 17.4 Å². The Balaban J connectivity index is 4.08. The molecule has 0 saturated carbocycles. The van der Waals surface area contributed by atoms with Gasteiger partial charge in [-0.05, 0) is 77.0 Å². The Morgan fingerprint density at radius 2 is 0.826 bits per heavy atom. The molecular formula is C59H102NO8P. The van der Waals surface area contributed by atoms with Gasteiger partial charge in [-0.15, -0.1) is 0 Å². The fourth-order valence-corrected chi connectivity index (χ4v) is 7.87. The molecule has 0 N–H and O–H groups in total. The summed E-state index contributed by atoms with van der Waals surface area (Å²) in [6.45, 7) is 4.09. The Morgan fingerprint density at radius 3 is 1.23 bits per heavy atom. The molecule has 0 amide bonds. The summed E-state index contributed by atoms with van der Waals surface area (Å²) >= 11 is 0. The molecule has 0 bridgehead atoms. The molecule has 0 radical (unpaired) electrons. The van der Waals surface area contributed by atoms with Crippen LogP contribution in [-0.2, 0) is 32.7 Å². The number of rotatable bonds is 49. The van der Waals surface area contributed by atoms with Gasteiger partial charge >= 0.3 is 11.9 Å². The van der Waals surface area contributed by atoms with Crippen molar-refractivity contribution in [3.05, 3.63) is 97.2 Å². The maximum atomic E-state index is 12.7. The van der Waals surface area contributed by atoms with E-state index in [2.05, 4.69) is 111 Å². The minimum atomic E-state index is -4.63. The monoisotopic (exact) mass is 984 g/mol. The van der Waals surface area contributed by atoms with E-state index in [1.165, 1.54) is 83.5 Å². The van der Waals surface area contributed by atoms with Crippen LogP contribution in [0, 0.1) is 0 Å². The van der Waals surface area contributed by atoms with Gasteiger partial charge in [-0.1, -0.05) is 220 Å². The van der Waals surface area contributed by atoms with Gasteiger partial charge in [0.25, 0.3) is 7.82 Å². The van der Waals surface area contributed by atoms with Gasteiger partial charge in [0.05, 0.1) is 27.7 Å².